The number of hydrogen-bond acceptors (Lipinski definition) is 4. The molecule has 0 heterocycles. The molecule has 0 aliphatic carbocycles. The maximum atomic E-state index is 10.8. The third-order valence-electron chi connectivity index (χ3n) is 2.45. The van der Waals surface area contributed by atoms with Gasteiger partial charge in [0.2, 0.25) is 0 Å². The monoisotopic (exact) mass is 264 g/mol. The van der Waals surface area contributed by atoms with Gasteiger partial charge >= 0.3 is 5.97 Å². The Labute approximate surface area is 114 Å². The number of benzene rings is 1. The highest BCUT2D eigenvalue weighted by Gasteiger charge is 2.03. The van der Waals surface area contributed by atoms with Crippen molar-refractivity contribution >= 4 is 5.97 Å². The highest BCUT2D eigenvalue weighted by molar-refractivity contribution is 5.81. The summed E-state index contributed by atoms with van der Waals surface area (Å²) in [5, 5.41) is 0. The molecule has 19 heavy (non-hydrogen) atoms. The molecule has 0 radical (unpaired) electrons. The molecule has 0 fully saturated rings. The zero-order valence-corrected chi connectivity index (χ0v) is 11.4. The minimum atomic E-state index is -0.447. The Morgan fingerprint density at radius 3 is 2.58 bits per heavy atom. The second-order valence-corrected chi connectivity index (χ2v) is 4.11. The van der Waals surface area contributed by atoms with Crippen LogP contribution in [0.15, 0.2) is 36.9 Å². The molecule has 1 rings (SSSR count). The molecular weight excluding hydrogens is 244 g/mol. The molecule has 0 aliphatic heterocycles. The fourth-order valence-corrected chi connectivity index (χ4v) is 1.36. The van der Waals surface area contributed by atoms with Gasteiger partial charge in [-0.2, -0.15) is 0 Å². The van der Waals surface area contributed by atoms with Crippen molar-refractivity contribution in [1.29, 1.82) is 0 Å². The van der Waals surface area contributed by atoms with E-state index in [0.29, 0.717) is 13.2 Å². The van der Waals surface area contributed by atoms with Crippen LogP contribution in [0, 0.1) is 6.92 Å². The highest BCUT2D eigenvalue weighted by atomic mass is 16.7. The van der Waals surface area contributed by atoms with Crippen LogP contribution in [0.2, 0.25) is 0 Å². The fraction of sp³-hybridized carbons (Fsp3) is 0.400. The molecule has 0 saturated carbocycles. The molecule has 0 amide bonds. The maximum Gasteiger partial charge on any atom is 0.330 e. The summed E-state index contributed by atoms with van der Waals surface area (Å²) in [4.78, 5) is 10.8. The van der Waals surface area contributed by atoms with Gasteiger partial charge in [0.05, 0.1) is 13.2 Å². The fourth-order valence-electron chi connectivity index (χ4n) is 1.36. The van der Waals surface area contributed by atoms with Gasteiger partial charge in [0.25, 0.3) is 0 Å². The largest absolute Gasteiger partial charge is 0.460 e. The van der Waals surface area contributed by atoms with Crippen LogP contribution in [-0.4, -0.2) is 25.5 Å². The van der Waals surface area contributed by atoms with Crippen LogP contribution >= 0.6 is 0 Å². The lowest BCUT2D eigenvalue weighted by Gasteiger charge is -2.14. The molecular formula is C15H20O4. The molecule has 4 nitrogen and oxygen atoms in total. The van der Waals surface area contributed by atoms with Crippen LogP contribution in [0.3, 0.4) is 0 Å². The molecule has 104 valence electrons. The van der Waals surface area contributed by atoms with Crippen LogP contribution in [0.1, 0.15) is 18.1 Å². The maximum absolute atomic E-state index is 10.8. The van der Waals surface area contributed by atoms with Gasteiger partial charge in [0, 0.05) is 6.08 Å². The summed E-state index contributed by atoms with van der Waals surface area (Å²) in [6.07, 6.45) is 0.779. The van der Waals surface area contributed by atoms with Gasteiger partial charge in [0.1, 0.15) is 6.61 Å². The van der Waals surface area contributed by atoms with E-state index in [4.69, 9.17) is 14.2 Å². The summed E-state index contributed by atoms with van der Waals surface area (Å²) in [6, 6.07) is 8.12. The number of carbonyl (C=O) groups excluding carboxylic acids is 1. The van der Waals surface area contributed by atoms with Crippen molar-refractivity contribution in [3.05, 3.63) is 48.0 Å². The summed E-state index contributed by atoms with van der Waals surface area (Å²) < 4.78 is 15.6. The second-order valence-electron chi connectivity index (χ2n) is 4.11. The average molecular weight is 264 g/mol. The molecule has 1 aromatic rings. The lowest BCUT2D eigenvalue weighted by Crippen LogP contribution is -2.17. The number of carbonyl (C=O) groups is 1. The quantitative estimate of drug-likeness (QED) is 0.313. The van der Waals surface area contributed by atoms with Gasteiger partial charge in [-0.05, 0) is 19.4 Å². The normalized spacial score (nSPS) is 11.9. The number of ether oxygens (including phenoxy) is 3. The third kappa shape index (κ3) is 6.74. The van der Waals surface area contributed by atoms with E-state index in [-0.39, 0.29) is 12.9 Å². The lowest BCUT2D eigenvalue weighted by atomic mass is 10.2. The molecule has 0 spiro atoms. The zero-order chi connectivity index (χ0) is 14.1. The molecule has 1 unspecified atom stereocenters. The third-order valence-corrected chi connectivity index (χ3v) is 2.45. The van der Waals surface area contributed by atoms with E-state index < -0.39 is 5.97 Å². The van der Waals surface area contributed by atoms with Crippen LogP contribution in [0.25, 0.3) is 0 Å². The van der Waals surface area contributed by atoms with E-state index in [9.17, 15) is 4.79 Å². The Bertz CT molecular complexity index is 397. The predicted molar refractivity (Wildman–Crippen MR) is 72.5 cm³/mol. The molecule has 0 N–H and O–H groups in total. The van der Waals surface area contributed by atoms with Crippen molar-refractivity contribution < 1.29 is 19.0 Å². The SMILES string of the molecule is C=CC(=O)OCCOC(C)OCc1ccc(C)cc1. The molecule has 1 atom stereocenters. The smallest absolute Gasteiger partial charge is 0.330 e. The zero-order valence-electron chi connectivity index (χ0n) is 11.4. The van der Waals surface area contributed by atoms with Gasteiger partial charge < -0.3 is 14.2 Å². The second kappa shape index (κ2) is 8.45. The Morgan fingerprint density at radius 1 is 1.26 bits per heavy atom. The minimum absolute atomic E-state index is 0.198. The van der Waals surface area contributed by atoms with Crippen molar-refractivity contribution in [1.82, 2.24) is 0 Å². The first-order chi connectivity index (χ1) is 9.11. The summed E-state index contributed by atoms with van der Waals surface area (Å²) in [7, 11) is 0. The Balaban J connectivity index is 2.14. The van der Waals surface area contributed by atoms with E-state index in [1.807, 2.05) is 38.1 Å². The Kier molecular flexibility index (Phi) is 6.85. The molecule has 0 aliphatic rings. The van der Waals surface area contributed by atoms with Gasteiger partial charge in [-0.25, -0.2) is 4.79 Å². The predicted octanol–water partition coefficient (Wildman–Crippen LogP) is 2.60. The van der Waals surface area contributed by atoms with Gasteiger partial charge in [0.15, 0.2) is 6.29 Å². The highest BCUT2D eigenvalue weighted by Crippen LogP contribution is 2.06. The summed E-state index contributed by atoms with van der Waals surface area (Å²) in [5.74, 6) is -0.447. The first-order valence-corrected chi connectivity index (χ1v) is 6.19. The van der Waals surface area contributed by atoms with Gasteiger partial charge in [-0.15, -0.1) is 0 Å². The number of hydrogen-bond donors (Lipinski definition) is 0. The van der Waals surface area contributed by atoms with Crippen LogP contribution in [-0.2, 0) is 25.6 Å². The first kappa shape index (κ1) is 15.4. The average Bonchev–Trinajstić information content (AvgIpc) is 2.42. The molecule has 0 saturated heterocycles. The number of esters is 1. The van der Waals surface area contributed by atoms with E-state index in [1.54, 1.807) is 0 Å². The van der Waals surface area contributed by atoms with Gasteiger partial charge in [-0.3, -0.25) is 0 Å². The molecule has 4 heteroatoms. The van der Waals surface area contributed by atoms with E-state index in [2.05, 4.69) is 6.58 Å². The molecule has 0 aromatic heterocycles. The van der Waals surface area contributed by atoms with Crippen LogP contribution < -0.4 is 0 Å². The first-order valence-electron chi connectivity index (χ1n) is 6.19. The minimum Gasteiger partial charge on any atom is -0.460 e. The summed E-state index contributed by atoms with van der Waals surface area (Å²) in [6.45, 7) is 8.15. The Morgan fingerprint density at radius 2 is 1.95 bits per heavy atom. The standard InChI is InChI=1S/C15H20O4/c1-4-15(16)18-10-9-17-13(3)19-11-14-7-5-12(2)6-8-14/h4-8,13H,1,9-11H2,2-3H3. The number of rotatable bonds is 8. The van der Waals surface area contributed by atoms with Gasteiger partial charge in [-0.1, -0.05) is 36.4 Å². The van der Waals surface area contributed by atoms with Crippen molar-refractivity contribution in [3.8, 4) is 0 Å². The van der Waals surface area contributed by atoms with E-state index in [0.717, 1.165) is 11.6 Å². The summed E-state index contributed by atoms with van der Waals surface area (Å²) >= 11 is 0. The van der Waals surface area contributed by atoms with Crippen LogP contribution in [0.5, 0.6) is 0 Å². The van der Waals surface area contributed by atoms with E-state index >= 15 is 0 Å². The summed E-state index contributed by atoms with van der Waals surface area (Å²) in [5.41, 5.74) is 2.32. The van der Waals surface area contributed by atoms with E-state index in [1.165, 1.54) is 5.56 Å². The molecule has 1 aromatic carbocycles. The molecule has 0 bridgehead atoms. The van der Waals surface area contributed by atoms with Crippen LogP contribution in [0.4, 0.5) is 0 Å². The Hall–Kier alpha value is -1.65. The topological polar surface area (TPSA) is 44.8 Å². The van der Waals surface area contributed by atoms with Crippen molar-refractivity contribution in [2.45, 2.75) is 26.7 Å². The van der Waals surface area contributed by atoms with Crippen molar-refractivity contribution in [2.75, 3.05) is 13.2 Å². The van der Waals surface area contributed by atoms with Crippen molar-refractivity contribution in [2.24, 2.45) is 0 Å². The lowest BCUT2D eigenvalue weighted by molar-refractivity contribution is -0.156. The van der Waals surface area contributed by atoms with Crippen molar-refractivity contribution in [3.63, 3.8) is 0 Å². The number of aryl methyl sites for hydroxylation is 1.